The summed E-state index contributed by atoms with van der Waals surface area (Å²) in [7, 11) is 0. The van der Waals surface area contributed by atoms with Crippen LogP contribution >= 0.6 is 11.3 Å². The number of thiophene rings is 1. The Kier molecular flexibility index (Phi) is 2.76. The zero-order chi connectivity index (χ0) is 11.8. The van der Waals surface area contributed by atoms with Crippen LogP contribution in [0, 0.1) is 12.8 Å². The van der Waals surface area contributed by atoms with Gasteiger partial charge in [0.2, 0.25) is 0 Å². The third-order valence-electron chi connectivity index (χ3n) is 3.34. The minimum atomic E-state index is 0.283. The van der Waals surface area contributed by atoms with Crippen LogP contribution in [0.4, 0.5) is 0 Å². The lowest BCUT2D eigenvalue weighted by Crippen LogP contribution is -2.22. The summed E-state index contributed by atoms with van der Waals surface area (Å²) in [5, 5.41) is 9.21. The standard InChI is InChI=1S/C13H16N2OS/c1-9-2-4-12(17-9)11-7-15-6-10(8-16)3-5-13(15)14-11/h2,4,7,10,16H,3,5-6,8H2,1H3. The lowest BCUT2D eigenvalue weighted by Gasteiger charge is -2.21. The summed E-state index contributed by atoms with van der Waals surface area (Å²) in [6.07, 6.45) is 4.16. The highest BCUT2D eigenvalue weighted by Gasteiger charge is 2.20. The highest BCUT2D eigenvalue weighted by molar-refractivity contribution is 7.15. The molecule has 0 spiro atoms. The molecular weight excluding hydrogens is 232 g/mol. The van der Waals surface area contributed by atoms with E-state index >= 15 is 0 Å². The molecule has 0 radical (unpaired) electrons. The largest absolute Gasteiger partial charge is 0.396 e. The van der Waals surface area contributed by atoms with Gasteiger partial charge >= 0.3 is 0 Å². The zero-order valence-electron chi connectivity index (χ0n) is 9.89. The molecule has 0 amide bonds. The fraction of sp³-hybridized carbons (Fsp3) is 0.462. The lowest BCUT2D eigenvalue weighted by atomic mass is 10.0. The molecule has 1 unspecified atom stereocenters. The van der Waals surface area contributed by atoms with Gasteiger partial charge in [-0.1, -0.05) is 0 Å². The molecule has 0 aromatic carbocycles. The molecule has 2 aromatic rings. The van der Waals surface area contributed by atoms with E-state index in [0.717, 1.165) is 30.9 Å². The van der Waals surface area contributed by atoms with Gasteiger partial charge in [-0.25, -0.2) is 4.98 Å². The average molecular weight is 248 g/mol. The third-order valence-corrected chi connectivity index (χ3v) is 4.36. The van der Waals surface area contributed by atoms with Gasteiger partial charge in [-0.15, -0.1) is 11.3 Å². The van der Waals surface area contributed by atoms with Crippen molar-refractivity contribution in [2.45, 2.75) is 26.3 Å². The fourth-order valence-electron chi connectivity index (χ4n) is 2.35. The van der Waals surface area contributed by atoms with Gasteiger partial charge in [-0.3, -0.25) is 0 Å². The lowest BCUT2D eigenvalue weighted by molar-refractivity contribution is 0.190. The van der Waals surface area contributed by atoms with Crippen LogP contribution in [0.1, 0.15) is 17.1 Å². The molecule has 90 valence electrons. The van der Waals surface area contributed by atoms with Crippen LogP contribution in [0.3, 0.4) is 0 Å². The number of aryl methyl sites for hydroxylation is 2. The molecular formula is C13H16N2OS. The molecule has 0 saturated carbocycles. The first-order chi connectivity index (χ1) is 8.26. The van der Waals surface area contributed by atoms with E-state index in [-0.39, 0.29) is 6.61 Å². The van der Waals surface area contributed by atoms with E-state index in [1.54, 1.807) is 11.3 Å². The second kappa shape index (κ2) is 4.27. The van der Waals surface area contributed by atoms with Gasteiger partial charge in [0.25, 0.3) is 0 Å². The Labute approximate surface area is 105 Å². The third kappa shape index (κ3) is 2.03. The second-order valence-electron chi connectivity index (χ2n) is 4.69. The molecule has 0 aliphatic carbocycles. The Morgan fingerprint density at radius 2 is 2.41 bits per heavy atom. The first kappa shape index (κ1) is 11.0. The van der Waals surface area contributed by atoms with Crippen molar-refractivity contribution in [2.24, 2.45) is 5.92 Å². The number of aliphatic hydroxyl groups excluding tert-OH is 1. The summed E-state index contributed by atoms with van der Waals surface area (Å²) in [4.78, 5) is 7.25. The van der Waals surface area contributed by atoms with Crippen LogP contribution in [0.15, 0.2) is 18.3 Å². The summed E-state index contributed by atoms with van der Waals surface area (Å²) in [6.45, 7) is 3.31. The molecule has 17 heavy (non-hydrogen) atoms. The first-order valence-corrected chi connectivity index (χ1v) is 6.81. The van der Waals surface area contributed by atoms with E-state index in [4.69, 9.17) is 4.98 Å². The Bertz CT molecular complexity index is 529. The van der Waals surface area contributed by atoms with Crippen LogP contribution in [0.25, 0.3) is 10.6 Å². The molecule has 1 atom stereocenters. The molecule has 0 fully saturated rings. The SMILES string of the molecule is Cc1ccc(-c2cn3c(n2)CCC(CO)C3)s1. The van der Waals surface area contributed by atoms with E-state index in [1.165, 1.54) is 9.75 Å². The minimum absolute atomic E-state index is 0.283. The normalized spacial score (nSPS) is 19.3. The summed E-state index contributed by atoms with van der Waals surface area (Å²) in [5.41, 5.74) is 1.08. The van der Waals surface area contributed by atoms with Crippen molar-refractivity contribution in [3.63, 3.8) is 0 Å². The van der Waals surface area contributed by atoms with Crippen molar-refractivity contribution < 1.29 is 5.11 Å². The number of hydrogen-bond acceptors (Lipinski definition) is 3. The number of aromatic nitrogens is 2. The van der Waals surface area contributed by atoms with Crippen LogP contribution in [-0.4, -0.2) is 21.3 Å². The van der Waals surface area contributed by atoms with Gasteiger partial charge in [0.15, 0.2) is 0 Å². The van der Waals surface area contributed by atoms with E-state index < -0.39 is 0 Å². The highest BCUT2D eigenvalue weighted by Crippen LogP contribution is 2.29. The van der Waals surface area contributed by atoms with Crippen molar-refractivity contribution in [2.75, 3.05) is 6.61 Å². The van der Waals surface area contributed by atoms with Gasteiger partial charge in [0.1, 0.15) is 5.82 Å². The molecule has 2 aromatic heterocycles. The van der Waals surface area contributed by atoms with Crippen LogP contribution in [-0.2, 0) is 13.0 Å². The fourth-order valence-corrected chi connectivity index (χ4v) is 3.18. The highest BCUT2D eigenvalue weighted by atomic mass is 32.1. The first-order valence-electron chi connectivity index (χ1n) is 6.00. The molecule has 3 heterocycles. The van der Waals surface area contributed by atoms with Gasteiger partial charge in [0.05, 0.1) is 10.6 Å². The van der Waals surface area contributed by atoms with E-state index in [1.807, 2.05) is 0 Å². The Balaban J connectivity index is 1.92. The molecule has 4 heteroatoms. The topological polar surface area (TPSA) is 38.0 Å². The quantitative estimate of drug-likeness (QED) is 0.886. The maximum absolute atomic E-state index is 9.21. The van der Waals surface area contributed by atoms with Crippen LogP contribution in [0.5, 0.6) is 0 Å². The number of rotatable bonds is 2. The molecule has 1 N–H and O–H groups in total. The van der Waals surface area contributed by atoms with Gasteiger partial charge in [0, 0.05) is 36.6 Å². The monoisotopic (exact) mass is 248 g/mol. The Morgan fingerprint density at radius 3 is 3.12 bits per heavy atom. The maximum atomic E-state index is 9.21. The molecule has 0 bridgehead atoms. The summed E-state index contributed by atoms with van der Waals surface area (Å²) < 4.78 is 2.20. The predicted molar refractivity (Wildman–Crippen MR) is 69.2 cm³/mol. The number of imidazole rings is 1. The average Bonchev–Trinajstić information content (AvgIpc) is 2.93. The van der Waals surface area contributed by atoms with E-state index in [2.05, 4.69) is 29.8 Å². The Morgan fingerprint density at radius 1 is 1.53 bits per heavy atom. The number of nitrogens with zero attached hydrogens (tertiary/aromatic N) is 2. The number of aliphatic hydroxyl groups is 1. The van der Waals surface area contributed by atoms with Crippen molar-refractivity contribution in [3.05, 3.63) is 29.0 Å². The van der Waals surface area contributed by atoms with E-state index in [9.17, 15) is 5.11 Å². The molecule has 0 saturated heterocycles. The zero-order valence-corrected chi connectivity index (χ0v) is 10.7. The van der Waals surface area contributed by atoms with E-state index in [0.29, 0.717) is 5.92 Å². The molecule has 3 rings (SSSR count). The van der Waals surface area contributed by atoms with Crippen LogP contribution in [0.2, 0.25) is 0 Å². The molecule has 1 aliphatic heterocycles. The summed E-state index contributed by atoms with van der Waals surface area (Å²) >= 11 is 1.79. The Hall–Kier alpha value is -1.13. The smallest absolute Gasteiger partial charge is 0.109 e. The summed E-state index contributed by atoms with van der Waals surface area (Å²) in [5.74, 6) is 1.56. The number of fused-ring (bicyclic) bond motifs is 1. The predicted octanol–water partition coefficient (Wildman–Crippen LogP) is 2.47. The van der Waals surface area contributed by atoms with Gasteiger partial charge in [-0.2, -0.15) is 0 Å². The molecule has 3 nitrogen and oxygen atoms in total. The van der Waals surface area contributed by atoms with Crippen molar-refractivity contribution >= 4 is 11.3 Å². The molecule has 1 aliphatic rings. The maximum Gasteiger partial charge on any atom is 0.109 e. The van der Waals surface area contributed by atoms with Crippen LogP contribution < -0.4 is 0 Å². The van der Waals surface area contributed by atoms with Crippen molar-refractivity contribution in [1.29, 1.82) is 0 Å². The van der Waals surface area contributed by atoms with Crippen molar-refractivity contribution in [1.82, 2.24) is 9.55 Å². The van der Waals surface area contributed by atoms with Gasteiger partial charge in [-0.05, 0) is 25.5 Å². The minimum Gasteiger partial charge on any atom is -0.396 e. The van der Waals surface area contributed by atoms with Gasteiger partial charge < -0.3 is 9.67 Å². The number of hydrogen-bond donors (Lipinski definition) is 1. The van der Waals surface area contributed by atoms with Crippen molar-refractivity contribution in [3.8, 4) is 10.6 Å². The summed E-state index contributed by atoms with van der Waals surface area (Å²) in [6, 6.07) is 4.27. The second-order valence-corrected chi connectivity index (χ2v) is 5.98.